The van der Waals surface area contributed by atoms with Crippen LogP contribution in [0.1, 0.15) is 12.8 Å². The summed E-state index contributed by atoms with van der Waals surface area (Å²) in [6.45, 7) is 15.0. The molecule has 2 fully saturated rings. The number of piperazine rings is 1. The first-order valence-corrected chi connectivity index (χ1v) is 8.28. The van der Waals surface area contributed by atoms with E-state index in [4.69, 9.17) is 4.74 Å². The predicted octanol–water partition coefficient (Wildman–Crippen LogP) is 0.984. The zero-order valence-electron chi connectivity index (χ0n) is 13.6. The normalized spacial score (nSPS) is 23.4. The first kappa shape index (κ1) is 17.2. The number of carbonyl (C=O) groups is 1. The summed E-state index contributed by atoms with van der Waals surface area (Å²) >= 11 is 0. The Bertz CT molecular complexity index is 362. The molecule has 0 saturated carbocycles. The molecule has 2 aliphatic rings. The van der Waals surface area contributed by atoms with Gasteiger partial charge < -0.3 is 9.64 Å². The SMILES string of the molecule is C=CCN(CC=C)C(=O)CN1CCN(C[C@H]2CCCO2)CC1. The topological polar surface area (TPSA) is 36.0 Å². The van der Waals surface area contributed by atoms with Crippen molar-refractivity contribution in [3.63, 3.8) is 0 Å². The molecule has 2 rings (SSSR count). The van der Waals surface area contributed by atoms with Crippen molar-refractivity contribution < 1.29 is 9.53 Å². The predicted molar refractivity (Wildman–Crippen MR) is 88.8 cm³/mol. The second-order valence-electron chi connectivity index (χ2n) is 6.09. The molecule has 0 aliphatic carbocycles. The van der Waals surface area contributed by atoms with Gasteiger partial charge in [0.1, 0.15) is 0 Å². The molecule has 5 nitrogen and oxygen atoms in total. The van der Waals surface area contributed by atoms with E-state index >= 15 is 0 Å². The van der Waals surface area contributed by atoms with E-state index in [0.29, 0.717) is 25.7 Å². The van der Waals surface area contributed by atoms with Crippen LogP contribution in [0.2, 0.25) is 0 Å². The minimum absolute atomic E-state index is 0.160. The van der Waals surface area contributed by atoms with Crippen LogP contribution in [-0.4, -0.2) is 85.7 Å². The molecular formula is C17H29N3O2. The molecule has 0 bridgehead atoms. The molecule has 0 aromatic rings. The molecule has 2 aliphatic heterocycles. The number of amides is 1. The Kier molecular flexibility index (Phi) is 7.09. The van der Waals surface area contributed by atoms with E-state index in [1.54, 1.807) is 17.1 Å². The Morgan fingerprint density at radius 3 is 2.32 bits per heavy atom. The van der Waals surface area contributed by atoms with Gasteiger partial charge in [-0.25, -0.2) is 0 Å². The monoisotopic (exact) mass is 307 g/mol. The number of ether oxygens (including phenoxy) is 1. The highest BCUT2D eigenvalue weighted by Gasteiger charge is 2.24. The van der Waals surface area contributed by atoms with Crippen LogP contribution in [0.3, 0.4) is 0 Å². The van der Waals surface area contributed by atoms with Gasteiger partial charge in [0.25, 0.3) is 0 Å². The van der Waals surface area contributed by atoms with Crippen molar-refractivity contribution in [3.05, 3.63) is 25.3 Å². The number of hydrogen-bond acceptors (Lipinski definition) is 4. The second kappa shape index (κ2) is 9.08. The smallest absolute Gasteiger partial charge is 0.237 e. The van der Waals surface area contributed by atoms with Crippen molar-refractivity contribution in [1.29, 1.82) is 0 Å². The maximum atomic E-state index is 12.3. The molecular weight excluding hydrogens is 278 g/mol. The molecule has 0 spiro atoms. The molecule has 0 aromatic heterocycles. The molecule has 124 valence electrons. The van der Waals surface area contributed by atoms with Crippen molar-refractivity contribution in [1.82, 2.24) is 14.7 Å². The van der Waals surface area contributed by atoms with Crippen molar-refractivity contribution >= 4 is 5.91 Å². The van der Waals surface area contributed by atoms with Crippen molar-refractivity contribution in [2.75, 3.05) is 59.0 Å². The van der Waals surface area contributed by atoms with E-state index in [-0.39, 0.29) is 5.91 Å². The van der Waals surface area contributed by atoms with E-state index in [1.165, 1.54) is 12.8 Å². The first-order valence-electron chi connectivity index (χ1n) is 8.28. The summed E-state index contributed by atoms with van der Waals surface area (Å²) < 4.78 is 5.70. The third kappa shape index (κ3) is 5.23. The van der Waals surface area contributed by atoms with E-state index < -0.39 is 0 Å². The fourth-order valence-electron chi connectivity index (χ4n) is 3.09. The summed E-state index contributed by atoms with van der Waals surface area (Å²) in [5, 5.41) is 0. The highest BCUT2D eigenvalue weighted by molar-refractivity contribution is 5.78. The summed E-state index contributed by atoms with van der Waals surface area (Å²) in [6, 6.07) is 0. The molecule has 0 unspecified atom stereocenters. The van der Waals surface area contributed by atoms with Gasteiger partial charge >= 0.3 is 0 Å². The van der Waals surface area contributed by atoms with Gasteiger partial charge in [0.2, 0.25) is 5.91 Å². The van der Waals surface area contributed by atoms with Gasteiger partial charge in [-0.3, -0.25) is 14.6 Å². The number of rotatable bonds is 8. The van der Waals surface area contributed by atoms with Crippen LogP contribution in [0, 0.1) is 0 Å². The van der Waals surface area contributed by atoms with Crippen molar-refractivity contribution in [2.24, 2.45) is 0 Å². The zero-order valence-corrected chi connectivity index (χ0v) is 13.6. The van der Waals surface area contributed by atoms with Crippen molar-refractivity contribution in [3.8, 4) is 0 Å². The van der Waals surface area contributed by atoms with Gasteiger partial charge in [0.05, 0.1) is 12.6 Å². The fourth-order valence-corrected chi connectivity index (χ4v) is 3.09. The minimum atomic E-state index is 0.160. The van der Waals surface area contributed by atoms with Crippen LogP contribution >= 0.6 is 0 Å². The number of nitrogens with zero attached hydrogens (tertiary/aromatic N) is 3. The quantitative estimate of drug-likeness (QED) is 0.627. The summed E-state index contributed by atoms with van der Waals surface area (Å²) in [5.41, 5.74) is 0. The van der Waals surface area contributed by atoms with Crippen LogP contribution in [0.4, 0.5) is 0 Å². The molecule has 2 heterocycles. The van der Waals surface area contributed by atoms with Gasteiger partial charge in [-0.2, -0.15) is 0 Å². The van der Waals surface area contributed by atoms with Crippen LogP contribution in [0.5, 0.6) is 0 Å². The number of hydrogen-bond donors (Lipinski definition) is 0. The fraction of sp³-hybridized carbons (Fsp3) is 0.706. The summed E-state index contributed by atoms with van der Waals surface area (Å²) in [6.07, 6.45) is 6.34. The molecule has 1 atom stereocenters. The summed E-state index contributed by atoms with van der Waals surface area (Å²) in [7, 11) is 0. The Morgan fingerprint density at radius 1 is 1.14 bits per heavy atom. The largest absolute Gasteiger partial charge is 0.377 e. The molecule has 22 heavy (non-hydrogen) atoms. The molecule has 0 aromatic carbocycles. The standard InChI is InChI=1S/C17H29N3O2/c1-3-7-20(8-4-2)17(21)15-19-11-9-18(10-12-19)14-16-6-5-13-22-16/h3-4,16H,1-2,5-15H2/t16-/m1/s1. The number of carbonyl (C=O) groups excluding carboxylic acids is 1. The van der Waals surface area contributed by atoms with Crippen LogP contribution in [0.25, 0.3) is 0 Å². The lowest BCUT2D eigenvalue weighted by Crippen LogP contribution is -2.51. The first-order chi connectivity index (χ1) is 10.7. The van der Waals surface area contributed by atoms with Gasteiger partial charge in [-0.15, -0.1) is 13.2 Å². The van der Waals surface area contributed by atoms with Crippen LogP contribution in [-0.2, 0) is 9.53 Å². The lowest BCUT2D eigenvalue weighted by molar-refractivity contribution is -0.131. The van der Waals surface area contributed by atoms with E-state index in [0.717, 1.165) is 39.3 Å². The van der Waals surface area contributed by atoms with E-state index in [1.807, 2.05) is 0 Å². The van der Waals surface area contributed by atoms with Gasteiger partial charge in [-0.05, 0) is 12.8 Å². The molecule has 0 radical (unpaired) electrons. The van der Waals surface area contributed by atoms with Crippen LogP contribution < -0.4 is 0 Å². The average Bonchev–Trinajstić information content (AvgIpc) is 3.02. The van der Waals surface area contributed by atoms with E-state index in [9.17, 15) is 4.79 Å². The Morgan fingerprint density at radius 2 is 1.77 bits per heavy atom. The van der Waals surface area contributed by atoms with Gasteiger partial charge in [0, 0.05) is 52.4 Å². The zero-order chi connectivity index (χ0) is 15.8. The maximum absolute atomic E-state index is 12.3. The highest BCUT2D eigenvalue weighted by atomic mass is 16.5. The van der Waals surface area contributed by atoms with Crippen molar-refractivity contribution in [2.45, 2.75) is 18.9 Å². The van der Waals surface area contributed by atoms with Gasteiger partial charge in [0.15, 0.2) is 0 Å². The average molecular weight is 307 g/mol. The third-order valence-corrected chi connectivity index (χ3v) is 4.36. The third-order valence-electron chi connectivity index (χ3n) is 4.36. The summed E-state index contributed by atoms with van der Waals surface area (Å²) in [4.78, 5) is 18.8. The molecule has 1 amide bonds. The Hall–Kier alpha value is -1.17. The molecule has 0 N–H and O–H groups in total. The molecule has 5 heteroatoms. The Balaban J connectivity index is 1.70. The van der Waals surface area contributed by atoms with Crippen LogP contribution in [0.15, 0.2) is 25.3 Å². The minimum Gasteiger partial charge on any atom is -0.377 e. The lowest BCUT2D eigenvalue weighted by Gasteiger charge is -2.36. The summed E-state index contributed by atoms with van der Waals surface area (Å²) in [5.74, 6) is 0.160. The van der Waals surface area contributed by atoms with Gasteiger partial charge in [-0.1, -0.05) is 12.2 Å². The lowest BCUT2D eigenvalue weighted by atomic mass is 10.2. The molecule has 2 saturated heterocycles. The highest BCUT2D eigenvalue weighted by Crippen LogP contribution is 2.14. The maximum Gasteiger partial charge on any atom is 0.237 e. The van der Waals surface area contributed by atoms with E-state index in [2.05, 4.69) is 23.0 Å². The second-order valence-corrected chi connectivity index (χ2v) is 6.09. The Labute approximate surface area is 134 Å².